The summed E-state index contributed by atoms with van der Waals surface area (Å²) in [5, 5.41) is 15.0. The molecule has 4 aromatic rings. The minimum absolute atomic E-state index is 0. The molecule has 30 heteroatoms. The van der Waals surface area contributed by atoms with E-state index >= 15 is 0 Å². The van der Waals surface area contributed by atoms with E-state index in [0.29, 0.717) is 0 Å². The van der Waals surface area contributed by atoms with Crippen molar-refractivity contribution in [1.29, 1.82) is 0 Å². The van der Waals surface area contributed by atoms with Crippen LogP contribution in [-0.4, -0.2) is 106 Å². The molecule has 1 aromatic heterocycles. The first-order valence-electron chi connectivity index (χ1n) is 13.7. The van der Waals surface area contributed by atoms with Gasteiger partial charge in [0, 0.05) is 36.0 Å². The summed E-state index contributed by atoms with van der Waals surface area (Å²) in [6.45, 7) is -0.818. The summed E-state index contributed by atoms with van der Waals surface area (Å²) in [5.74, 6) is -2.39. The van der Waals surface area contributed by atoms with Crippen molar-refractivity contribution < 1.29 is 180 Å². The van der Waals surface area contributed by atoms with Crippen LogP contribution in [0.4, 0.5) is 34.9 Å². The van der Waals surface area contributed by atoms with Gasteiger partial charge in [0.2, 0.25) is 17.8 Å². The number of ether oxygens (including phenoxy) is 2. The van der Waals surface area contributed by atoms with E-state index in [2.05, 4.69) is 41.1 Å². The molecule has 1 heterocycles. The molecule has 3 N–H and O–H groups in total. The minimum Gasteiger partial charge on any atom is -0.748 e. The Labute approximate surface area is 404 Å². The van der Waals surface area contributed by atoms with Crippen molar-refractivity contribution in [3.63, 3.8) is 0 Å². The SMILES string of the molecule is COc1cc(Nc2nc(NCCS(=O)(=O)[O-])nc(NCCS(=O)(=O)[O-])n2)c(OC)cc1N=Nc1cc(S(=O)(=O)[O-])c2cccc(S(=O)(=O)[O-])c2c1.[Na+].[Na+].[Na+].[Na+]. The second-order valence-electron chi connectivity index (χ2n) is 9.94. The fourth-order valence-electron chi connectivity index (χ4n) is 4.25. The zero-order valence-electron chi connectivity index (χ0n) is 30.0. The van der Waals surface area contributed by atoms with Gasteiger partial charge in [-0.15, -0.1) is 5.11 Å². The van der Waals surface area contributed by atoms with Crippen LogP contribution < -0.4 is 144 Å². The second-order valence-corrected chi connectivity index (χ2v) is 15.7. The van der Waals surface area contributed by atoms with Gasteiger partial charge in [0.15, 0.2) is 0 Å². The summed E-state index contributed by atoms with van der Waals surface area (Å²) in [6.07, 6.45) is 0. The molecular formula is C25H24N8Na4O14S4. The van der Waals surface area contributed by atoms with Crippen molar-refractivity contribution in [2.45, 2.75) is 9.79 Å². The summed E-state index contributed by atoms with van der Waals surface area (Å²) >= 11 is 0. The summed E-state index contributed by atoms with van der Waals surface area (Å²) in [5.41, 5.74) is -0.262. The van der Waals surface area contributed by atoms with Gasteiger partial charge in [0.25, 0.3) is 0 Å². The molecule has 0 spiro atoms. The van der Waals surface area contributed by atoms with Gasteiger partial charge in [-0.1, -0.05) is 12.1 Å². The molecular weight excluding hydrogens is 857 g/mol. The van der Waals surface area contributed by atoms with Crippen molar-refractivity contribution >= 4 is 86.2 Å². The molecule has 0 fully saturated rings. The van der Waals surface area contributed by atoms with Gasteiger partial charge in [-0.3, -0.25) is 0 Å². The molecule has 0 saturated carbocycles. The number of nitrogens with one attached hydrogen (secondary N) is 3. The predicted molar refractivity (Wildman–Crippen MR) is 173 cm³/mol. The van der Waals surface area contributed by atoms with Crippen LogP contribution in [0.15, 0.2) is 62.5 Å². The van der Waals surface area contributed by atoms with Gasteiger partial charge in [-0.05, 0) is 18.2 Å². The van der Waals surface area contributed by atoms with Crippen LogP contribution in [0.25, 0.3) is 10.8 Å². The molecule has 0 bridgehead atoms. The van der Waals surface area contributed by atoms with E-state index in [0.717, 1.165) is 30.3 Å². The van der Waals surface area contributed by atoms with Crippen molar-refractivity contribution in [2.75, 3.05) is 54.8 Å². The van der Waals surface area contributed by atoms with Gasteiger partial charge in [-0.2, -0.15) is 20.1 Å². The Morgan fingerprint density at radius 1 is 0.618 bits per heavy atom. The maximum atomic E-state index is 12.0. The molecule has 0 atom stereocenters. The molecule has 55 heavy (non-hydrogen) atoms. The zero-order valence-corrected chi connectivity index (χ0v) is 41.2. The van der Waals surface area contributed by atoms with E-state index < -0.39 is 74.9 Å². The van der Waals surface area contributed by atoms with Crippen LogP contribution in [0.2, 0.25) is 0 Å². The number of anilines is 4. The molecule has 0 aliphatic rings. The third-order valence-electron chi connectivity index (χ3n) is 6.37. The van der Waals surface area contributed by atoms with E-state index in [1.165, 1.54) is 26.4 Å². The smallest absolute Gasteiger partial charge is 0.748 e. The number of rotatable bonds is 16. The Kier molecular flexibility index (Phi) is 22.2. The average molecular weight is 881 g/mol. The van der Waals surface area contributed by atoms with Gasteiger partial charge in [0.1, 0.15) is 37.4 Å². The first-order chi connectivity index (χ1) is 23.7. The molecule has 0 aliphatic carbocycles. The van der Waals surface area contributed by atoms with Crippen molar-refractivity contribution in [1.82, 2.24) is 15.0 Å². The Hall–Kier alpha value is -0.830. The summed E-state index contributed by atoms with van der Waals surface area (Å²) in [6, 6.07) is 7.67. The average Bonchev–Trinajstić information content (AvgIpc) is 3.01. The van der Waals surface area contributed by atoms with Crippen LogP contribution in [0.1, 0.15) is 0 Å². The van der Waals surface area contributed by atoms with Gasteiger partial charge in [-0.25, -0.2) is 33.7 Å². The number of hydrogen-bond acceptors (Lipinski definition) is 22. The Balaban J connectivity index is 0.00000729. The second kappa shape index (κ2) is 22.5. The number of aromatic nitrogens is 3. The number of nitrogens with zero attached hydrogens (tertiary/aromatic N) is 5. The van der Waals surface area contributed by atoms with Crippen LogP contribution in [0.5, 0.6) is 11.5 Å². The molecule has 0 aliphatic heterocycles. The van der Waals surface area contributed by atoms with Crippen LogP contribution in [0, 0.1) is 0 Å². The van der Waals surface area contributed by atoms with Gasteiger partial charge < -0.3 is 43.6 Å². The van der Waals surface area contributed by atoms with E-state index in [9.17, 15) is 51.9 Å². The topological polar surface area (TPSA) is 347 Å². The Bertz CT molecular complexity index is 2410. The van der Waals surface area contributed by atoms with E-state index in [1.807, 2.05) is 0 Å². The van der Waals surface area contributed by atoms with E-state index in [4.69, 9.17) is 9.47 Å². The number of fused-ring (bicyclic) bond motifs is 1. The number of benzene rings is 3. The number of azo groups is 1. The maximum absolute atomic E-state index is 12.0. The summed E-state index contributed by atoms with van der Waals surface area (Å²) < 4.78 is 148. The van der Waals surface area contributed by atoms with E-state index in [-0.39, 0.29) is 175 Å². The van der Waals surface area contributed by atoms with Crippen LogP contribution in [-0.2, 0) is 40.5 Å². The van der Waals surface area contributed by atoms with Gasteiger partial charge in [0.05, 0.1) is 67.1 Å². The molecule has 0 unspecified atom stereocenters. The molecule has 0 radical (unpaired) electrons. The van der Waals surface area contributed by atoms with Crippen molar-refractivity contribution in [3.8, 4) is 11.5 Å². The normalized spacial score (nSPS) is 11.7. The first kappa shape index (κ1) is 54.2. The monoisotopic (exact) mass is 880 g/mol. The first-order valence-corrected chi connectivity index (χ1v) is 19.7. The third kappa shape index (κ3) is 16.4. The third-order valence-corrected chi connectivity index (χ3v) is 9.55. The van der Waals surface area contributed by atoms with Crippen molar-refractivity contribution in [3.05, 3.63) is 42.5 Å². The van der Waals surface area contributed by atoms with E-state index in [1.54, 1.807) is 0 Å². The maximum Gasteiger partial charge on any atom is 1.00 e. The fourth-order valence-corrected chi connectivity index (χ4v) is 6.35. The molecule has 0 saturated heterocycles. The van der Waals surface area contributed by atoms with Crippen LogP contribution in [0.3, 0.4) is 0 Å². The largest absolute Gasteiger partial charge is 1.00 e. The molecule has 22 nitrogen and oxygen atoms in total. The van der Waals surface area contributed by atoms with Crippen molar-refractivity contribution in [2.24, 2.45) is 10.2 Å². The summed E-state index contributed by atoms with van der Waals surface area (Å²) in [4.78, 5) is 10.4. The molecule has 0 amide bonds. The van der Waals surface area contributed by atoms with Crippen LogP contribution >= 0.6 is 0 Å². The Morgan fingerprint density at radius 3 is 1.60 bits per heavy atom. The summed E-state index contributed by atoms with van der Waals surface area (Å²) in [7, 11) is -17.0. The number of hydrogen-bond donors (Lipinski definition) is 3. The Morgan fingerprint density at radius 2 is 1.13 bits per heavy atom. The number of methoxy groups -OCH3 is 2. The minimum atomic E-state index is -5.19. The standard InChI is InChI=1S/C25H28N8O14S4.4Na/c1-46-19-13-18(33-32-14-10-16-15(22(11-14)51(43,44)45)4-3-5-21(16)50(40,41)42)20(47-2)12-17(19)28-25-30-23(26-6-8-48(34,35)36)29-24(31-25)27-7-9-49(37,38)39;;;;/h3-5,10-13H,6-9H2,1-2H3,(H,34,35,36)(H,37,38,39)(H,40,41,42)(H,43,44,45)(H3,26,27,28,29,30,31);;;;/q;4*+1/p-4. The molecule has 4 rings (SSSR count). The quantitative estimate of drug-likeness (QED) is 0.0534. The zero-order chi connectivity index (χ0) is 37.8. The van der Waals surface area contributed by atoms with Gasteiger partial charge >= 0.3 is 118 Å². The predicted octanol–water partition coefficient (Wildman–Crippen LogP) is -11.1. The fraction of sp³-hybridized carbons (Fsp3) is 0.240. The molecule has 3 aromatic carbocycles. The molecule has 276 valence electrons.